The molecule has 15 heteroatoms. The quantitative estimate of drug-likeness (QED) is 0.0427. The lowest BCUT2D eigenvalue weighted by atomic mass is 9.85. The molecule has 0 radical (unpaired) electrons. The van der Waals surface area contributed by atoms with Gasteiger partial charge in [-0.1, -0.05) is 82.9 Å². The number of nitrogens with zero attached hydrogens (tertiary/aromatic N) is 2. The van der Waals surface area contributed by atoms with Crippen LogP contribution in [0.3, 0.4) is 0 Å². The average Bonchev–Trinajstić information content (AvgIpc) is 3.85. The molecule has 14 nitrogen and oxygen atoms in total. The molecule has 61 heavy (non-hydrogen) atoms. The summed E-state index contributed by atoms with van der Waals surface area (Å²) in [5, 5.41) is 21.9. The lowest BCUT2D eigenvalue weighted by molar-refractivity contribution is -0.144. The second kappa shape index (κ2) is 22.3. The fourth-order valence-corrected chi connectivity index (χ4v) is 7.89. The second-order valence-corrected chi connectivity index (χ2v) is 17.4. The monoisotopic (exact) mass is 853 g/mol. The number of carbonyl (C=O) groups is 5. The van der Waals surface area contributed by atoms with E-state index in [1.54, 1.807) is 59.9 Å². The van der Waals surface area contributed by atoms with Crippen LogP contribution in [0.25, 0.3) is 10.4 Å². The van der Waals surface area contributed by atoms with Gasteiger partial charge >= 0.3 is 0 Å². The summed E-state index contributed by atoms with van der Waals surface area (Å²) in [6.45, 7) is 8.24. The number of hydrogen-bond donors (Lipinski definition) is 6. The van der Waals surface area contributed by atoms with Crippen LogP contribution in [0.4, 0.5) is 17.1 Å². The summed E-state index contributed by atoms with van der Waals surface area (Å²) in [4.78, 5) is 72.1. The first kappa shape index (κ1) is 46.4. The molecule has 1 aliphatic rings. The van der Waals surface area contributed by atoms with E-state index >= 15 is 0 Å². The summed E-state index contributed by atoms with van der Waals surface area (Å²) in [7, 11) is 0. The zero-order valence-corrected chi connectivity index (χ0v) is 36.3. The maximum Gasteiger partial charge on any atom is 0.255 e. The van der Waals surface area contributed by atoms with E-state index in [1.807, 2.05) is 57.5 Å². The fraction of sp³-hybridized carbons (Fsp3) is 0.435. The highest BCUT2D eigenvalue weighted by Gasteiger charge is 2.44. The van der Waals surface area contributed by atoms with E-state index in [4.69, 9.17) is 10.5 Å². The highest BCUT2D eigenvalue weighted by Crippen LogP contribution is 2.29. The van der Waals surface area contributed by atoms with Crippen molar-refractivity contribution in [3.8, 4) is 10.4 Å². The number of benzene rings is 3. The van der Waals surface area contributed by atoms with Crippen LogP contribution in [0, 0.1) is 12.3 Å². The van der Waals surface area contributed by atoms with Gasteiger partial charge in [-0.2, -0.15) is 0 Å². The Bertz CT molecular complexity index is 2100. The third-order valence-electron chi connectivity index (χ3n) is 10.5. The van der Waals surface area contributed by atoms with Gasteiger partial charge in [0.2, 0.25) is 23.6 Å². The summed E-state index contributed by atoms with van der Waals surface area (Å²) in [5.74, 6) is -1.55. The number of anilines is 3. The molecule has 326 valence electrons. The molecule has 1 fully saturated rings. The topological polar surface area (TPSA) is 205 Å². The number of carbonyl (C=O) groups excluding carboxylic acids is 5. The third kappa shape index (κ3) is 13.9. The molecule has 3 unspecified atom stereocenters. The first-order chi connectivity index (χ1) is 29.2. The van der Waals surface area contributed by atoms with Crippen molar-refractivity contribution in [1.82, 2.24) is 20.5 Å². The van der Waals surface area contributed by atoms with E-state index in [2.05, 4.69) is 26.3 Å². The first-order valence-corrected chi connectivity index (χ1v) is 21.8. The van der Waals surface area contributed by atoms with Crippen LogP contribution in [0.1, 0.15) is 93.8 Å². The number of aromatic nitrogens is 1. The van der Waals surface area contributed by atoms with E-state index in [-0.39, 0.29) is 62.1 Å². The van der Waals surface area contributed by atoms with Gasteiger partial charge in [0.25, 0.3) is 5.91 Å². The number of likely N-dealkylation sites (tertiary alicyclic amines) is 1. The predicted octanol–water partition coefficient (Wildman–Crippen LogP) is 6.45. The van der Waals surface area contributed by atoms with Crippen molar-refractivity contribution in [2.45, 2.75) is 104 Å². The number of amides is 5. The molecule has 4 aromatic rings. The zero-order valence-electron chi connectivity index (χ0n) is 35.5. The highest BCUT2D eigenvalue weighted by atomic mass is 32.1. The summed E-state index contributed by atoms with van der Waals surface area (Å²) >= 11 is 1.58. The Hall–Kier alpha value is -5.64. The van der Waals surface area contributed by atoms with Gasteiger partial charge < -0.3 is 41.7 Å². The number of aliphatic hydroxyl groups excluding tert-OH is 1. The molecule has 7 N–H and O–H groups in total. The van der Waals surface area contributed by atoms with Crippen LogP contribution in [0.5, 0.6) is 0 Å². The van der Waals surface area contributed by atoms with E-state index in [9.17, 15) is 29.1 Å². The standard InChI is InChI=1S/C46H59N7O7S/c1-30-41(61-29-49-30)32-18-16-31(17-19-32)26-48-44(58)38-25-35(54)27-53(38)45(59)42(46(2,3)4)52-39(55)15-9-7-5-6-8-12-24-60-28-40(56)50-34-22-20-33(21-23-34)43(57)51-37-14-11-10-13-36(37)47/h10-11,13-14,16-23,29,35,38,42,54H,5-9,12,15,24-28,47H2,1-4H3,(H,48,58)(H,50,56)(H,51,57)(H,52,55). The van der Waals surface area contributed by atoms with Crippen molar-refractivity contribution in [2.24, 2.45) is 5.41 Å². The Labute approximate surface area is 362 Å². The number of hydrogen-bond acceptors (Lipinski definition) is 10. The van der Waals surface area contributed by atoms with Gasteiger partial charge in [0, 0.05) is 43.8 Å². The highest BCUT2D eigenvalue weighted by molar-refractivity contribution is 7.13. The number of nitrogens with one attached hydrogen (secondary N) is 4. The molecule has 0 aliphatic carbocycles. The Balaban J connectivity index is 0.945. The van der Waals surface area contributed by atoms with Gasteiger partial charge in [-0.05, 0) is 72.7 Å². The van der Waals surface area contributed by atoms with Gasteiger partial charge in [-0.3, -0.25) is 24.0 Å². The van der Waals surface area contributed by atoms with Crippen LogP contribution in [-0.2, 0) is 30.5 Å². The lowest BCUT2D eigenvalue weighted by Gasteiger charge is -2.35. The Morgan fingerprint density at radius 3 is 2.26 bits per heavy atom. The van der Waals surface area contributed by atoms with E-state index in [0.717, 1.165) is 53.8 Å². The number of ether oxygens (including phenoxy) is 1. The van der Waals surface area contributed by atoms with Crippen LogP contribution >= 0.6 is 11.3 Å². The van der Waals surface area contributed by atoms with Crippen molar-refractivity contribution in [3.05, 3.63) is 95.1 Å². The molecule has 0 saturated carbocycles. The summed E-state index contributed by atoms with van der Waals surface area (Å²) in [6, 6.07) is 19.7. The molecule has 5 amide bonds. The van der Waals surface area contributed by atoms with Crippen molar-refractivity contribution >= 4 is 57.9 Å². The molecule has 1 aromatic heterocycles. The summed E-state index contributed by atoms with van der Waals surface area (Å²) < 4.78 is 5.55. The number of nitrogens with two attached hydrogens (primary N) is 1. The minimum absolute atomic E-state index is 0.0183. The van der Waals surface area contributed by atoms with E-state index < -0.39 is 23.6 Å². The third-order valence-corrected chi connectivity index (χ3v) is 11.5. The number of aryl methyl sites for hydroxylation is 1. The summed E-state index contributed by atoms with van der Waals surface area (Å²) in [5.41, 5.74) is 12.0. The van der Waals surface area contributed by atoms with Crippen molar-refractivity contribution in [1.29, 1.82) is 0 Å². The molecule has 0 spiro atoms. The molecule has 2 heterocycles. The van der Waals surface area contributed by atoms with Gasteiger partial charge in [0.05, 0.1) is 33.6 Å². The zero-order chi connectivity index (χ0) is 43.9. The van der Waals surface area contributed by atoms with Crippen molar-refractivity contribution in [2.75, 3.05) is 36.1 Å². The number of aliphatic hydroxyl groups is 1. The van der Waals surface area contributed by atoms with Crippen molar-refractivity contribution in [3.63, 3.8) is 0 Å². The molecule has 1 aliphatic heterocycles. The molecular weight excluding hydrogens is 795 g/mol. The Kier molecular flexibility index (Phi) is 17.0. The predicted molar refractivity (Wildman–Crippen MR) is 239 cm³/mol. The first-order valence-electron chi connectivity index (χ1n) is 20.9. The SMILES string of the molecule is Cc1ncsc1-c1ccc(CNC(=O)C2CC(O)CN2C(=O)C(NC(=O)CCCCCCCCOCC(=O)Nc2ccc(C(=O)Nc3ccccc3N)cc2)C(C)(C)C)cc1. The maximum absolute atomic E-state index is 13.9. The fourth-order valence-electron chi connectivity index (χ4n) is 7.08. The van der Waals surface area contributed by atoms with Gasteiger partial charge in [0.15, 0.2) is 0 Å². The number of rotatable bonds is 20. The lowest BCUT2D eigenvalue weighted by Crippen LogP contribution is -2.57. The van der Waals surface area contributed by atoms with E-state index in [1.165, 1.54) is 4.90 Å². The summed E-state index contributed by atoms with van der Waals surface area (Å²) in [6.07, 6.45) is 4.66. The second-order valence-electron chi connectivity index (χ2n) is 16.5. The Morgan fingerprint density at radius 1 is 0.902 bits per heavy atom. The number of β-amino-alcohol motifs (C(OH)–C–C–N with tert-alkyl or cyclic N) is 1. The molecule has 3 aromatic carbocycles. The number of nitrogen functional groups attached to an aromatic ring is 1. The van der Waals surface area contributed by atoms with Crippen LogP contribution < -0.4 is 27.0 Å². The van der Waals surface area contributed by atoms with Crippen LogP contribution in [0.15, 0.2) is 78.3 Å². The van der Waals surface area contributed by atoms with E-state index in [0.29, 0.717) is 35.7 Å². The molecule has 1 saturated heterocycles. The Morgan fingerprint density at radius 2 is 1.59 bits per heavy atom. The maximum atomic E-state index is 13.9. The molecular formula is C46H59N7O7S. The normalized spacial score (nSPS) is 15.5. The molecule has 0 bridgehead atoms. The minimum Gasteiger partial charge on any atom is -0.397 e. The number of para-hydroxylation sites is 2. The van der Waals surface area contributed by atoms with Gasteiger partial charge in [-0.25, -0.2) is 4.98 Å². The van der Waals surface area contributed by atoms with Crippen LogP contribution in [0.2, 0.25) is 0 Å². The molecule has 5 rings (SSSR count). The average molecular weight is 854 g/mol. The number of unbranched alkanes of at least 4 members (excludes halogenated alkanes) is 5. The van der Waals surface area contributed by atoms with Gasteiger partial charge in [-0.15, -0.1) is 11.3 Å². The molecule has 3 atom stereocenters. The number of thiazole rings is 1. The van der Waals surface area contributed by atoms with Gasteiger partial charge in [0.1, 0.15) is 18.7 Å². The van der Waals surface area contributed by atoms with Crippen molar-refractivity contribution < 1.29 is 33.8 Å². The van der Waals surface area contributed by atoms with Crippen LogP contribution in [-0.4, -0.2) is 82.5 Å². The largest absolute Gasteiger partial charge is 0.397 e. The smallest absolute Gasteiger partial charge is 0.255 e. The minimum atomic E-state index is -0.870.